The Bertz CT molecular complexity index is 695. The molecule has 2 heterocycles. The van der Waals surface area contributed by atoms with Crippen molar-refractivity contribution in [1.82, 2.24) is 20.3 Å². The van der Waals surface area contributed by atoms with Crippen LogP contribution < -0.4 is 5.32 Å². The summed E-state index contributed by atoms with van der Waals surface area (Å²) in [5, 5.41) is 14.2. The van der Waals surface area contributed by atoms with Crippen molar-refractivity contribution in [2.75, 3.05) is 0 Å². The maximum absolute atomic E-state index is 12.3. The molecular weight excluding hydrogens is 304 g/mol. The van der Waals surface area contributed by atoms with Crippen LogP contribution in [-0.4, -0.2) is 37.5 Å². The number of amides is 1. The Kier molecular flexibility index (Phi) is 3.84. The third-order valence-electron chi connectivity index (χ3n) is 3.74. The maximum Gasteiger partial charge on any atom is 0.329 e. The highest BCUT2D eigenvalue weighted by Gasteiger charge is 2.43. The van der Waals surface area contributed by atoms with Gasteiger partial charge in [0.25, 0.3) is 5.91 Å². The zero-order valence-corrected chi connectivity index (χ0v) is 12.5. The molecule has 0 aliphatic heterocycles. The fourth-order valence-electron chi connectivity index (χ4n) is 2.56. The number of thiazole rings is 1. The average Bonchev–Trinajstić information content (AvgIpc) is 3.18. The van der Waals surface area contributed by atoms with Gasteiger partial charge in [0, 0.05) is 17.8 Å². The van der Waals surface area contributed by atoms with Gasteiger partial charge in [-0.2, -0.15) is 0 Å². The lowest BCUT2D eigenvalue weighted by Crippen LogP contribution is -2.52. The summed E-state index contributed by atoms with van der Waals surface area (Å²) in [6.07, 6.45) is 7.18. The van der Waals surface area contributed by atoms with E-state index >= 15 is 0 Å². The molecule has 2 N–H and O–H groups in total. The topological polar surface area (TPSA) is 105 Å². The Morgan fingerprint density at radius 3 is 2.68 bits per heavy atom. The third-order valence-corrected chi connectivity index (χ3v) is 4.60. The molecule has 2 aromatic rings. The standard InChI is InChI=1S/C14H14N4O3S/c19-11(18-14(13(20)21)3-1-2-4-14)10-8-22-12(17-10)9-7-15-5-6-16-9/h5-8H,1-4H2,(H,18,19)(H,20,21). The molecule has 1 amide bonds. The highest BCUT2D eigenvalue weighted by atomic mass is 32.1. The lowest BCUT2D eigenvalue weighted by atomic mass is 9.98. The predicted octanol–water partition coefficient (Wildman–Crippen LogP) is 1.73. The molecule has 0 spiro atoms. The van der Waals surface area contributed by atoms with Gasteiger partial charge in [-0.05, 0) is 12.8 Å². The largest absolute Gasteiger partial charge is 0.480 e. The van der Waals surface area contributed by atoms with Gasteiger partial charge < -0.3 is 10.4 Å². The summed E-state index contributed by atoms with van der Waals surface area (Å²) in [4.78, 5) is 36.1. The van der Waals surface area contributed by atoms with Gasteiger partial charge in [-0.25, -0.2) is 9.78 Å². The van der Waals surface area contributed by atoms with Gasteiger partial charge >= 0.3 is 5.97 Å². The van der Waals surface area contributed by atoms with Gasteiger partial charge in [-0.1, -0.05) is 12.8 Å². The van der Waals surface area contributed by atoms with Gasteiger partial charge in [0.05, 0.1) is 6.20 Å². The molecule has 1 aliphatic rings. The third kappa shape index (κ3) is 2.69. The van der Waals surface area contributed by atoms with Crippen molar-refractivity contribution < 1.29 is 14.7 Å². The first-order valence-electron chi connectivity index (χ1n) is 6.88. The molecule has 8 heteroatoms. The summed E-state index contributed by atoms with van der Waals surface area (Å²) >= 11 is 1.27. The molecule has 3 rings (SSSR count). The van der Waals surface area contributed by atoms with E-state index in [1.54, 1.807) is 24.0 Å². The van der Waals surface area contributed by atoms with E-state index in [-0.39, 0.29) is 5.69 Å². The molecule has 1 aliphatic carbocycles. The zero-order valence-electron chi connectivity index (χ0n) is 11.7. The van der Waals surface area contributed by atoms with Gasteiger partial charge in [0.15, 0.2) is 0 Å². The molecule has 0 radical (unpaired) electrons. The van der Waals surface area contributed by atoms with Crippen molar-refractivity contribution in [2.24, 2.45) is 0 Å². The molecule has 0 aromatic carbocycles. The smallest absolute Gasteiger partial charge is 0.329 e. The van der Waals surface area contributed by atoms with E-state index < -0.39 is 17.4 Å². The number of hydrogen-bond acceptors (Lipinski definition) is 6. The summed E-state index contributed by atoms with van der Waals surface area (Å²) in [5.41, 5.74) is -0.369. The first-order valence-corrected chi connectivity index (χ1v) is 7.76. The van der Waals surface area contributed by atoms with Crippen LogP contribution in [0.4, 0.5) is 0 Å². The number of hydrogen-bond donors (Lipinski definition) is 2. The predicted molar refractivity (Wildman–Crippen MR) is 79.4 cm³/mol. The van der Waals surface area contributed by atoms with Crippen LogP contribution in [0.15, 0.2) is 24.0 Å². The first-order chi connectivity index (χ1) is 10.6. The van der Waals surface area contributed by atoms with Crippen molar-refractivity contribution in [3.63, 3.8) is 0 Å². The van der Waals surface area contributed by atoms with Crippen molar-refractivity contribution in [1.29, 1.82) is 0 Å². The van der Waals surface area contributed by atoms with Crippen molar-refractivity contribution in [3.8, 4) is 10.7 Å². The monoisotopic (exact) mass is 318 g/mol. The van der Waals surface area contributed by atoms with Crippen LogP contribution in [0.2, 0.25) is 0 Å². The van der Waals surface area contributed by atoms with Crippen molar-refractivity contribution >= 4 is 23.2 Å². The van der Waals surface area contributed by atoms with E-state index in [0.717, 1.165) is 12.8 Å². The second-order valence-corrected chi connectivity index (χ2v) is 6.04. The zero-order chi connectivity index (χ0) is 15.6. The molecule has 7 nitrogen and oxygen atoms in total. The summed E-state index contributed by atoms with van der Waals surface area (Å²) in [6, 6.07) is 0. The van der Waals surface area contributed by atoms with Crippen LogP contribution in [0.1, 0.15) is 36.2 Å². The number of aromatic nitrogens is 3. The van der Waals surface area contributed by atoms with Crippen LogP contribution in [0, 0.1) is 0 Å². The van der Waals surface area contributed by atoms with E-state index in [1.165, 1.54) is 11.3 Å². The van der Waals surface area contributed by atoms with Crippen LogP contribution in [0.3, 0.4) is 0 Å². The fourth-order valence-corrected chi connectivity index (χ4v) is 3.32. The number of carbonyl (C=O) groups excluding carboxylic acids is 1. The lowest BCUT2D eigenvalue weighted by Gasteiger charge is -2.24. The van der Waals surface area contributed by atoms with E-state index in [1.807, 2.05) is 0 Å². The average molecular weight is 318 g/mol. The number of rotatable bonds is 4. The lowest BCUT2D eigenvalue weighted by molar-refractivity contribution is -0.144. The van der Waals surface area contributed by atoms with E-state index in [9.17, 15) is 14.7 Å². The van der Waals surface area contributed by atoms with E-state index in [4.69, 9.17) is 0 Å². The van der Waals surface area contributed by atoms with Crippen LogP contribution in [-0.2, 0) is 4.79 Å². The second kappa shape index (κ2) is 5.80. The molecule has 2 aromatic heterocycles. The van der Waals surface area contributed by atoms with Crippen molar-refractivity contribution in [2.45, 2.75) is 31.2 Å². The number of nitrogens with zero attached hydrogens (tertiary/aromatic N) is 3. The quantitative estimate of drug-likeness (QED) is 0.889. The molecule has 114 valence electrons. The highest BCUT2D eigenvalue weighted by molar-refractivity contribution is 7.13. The van der Waals surface area contributed by atoms with Gasteiger partial charge in [-0.3, -0.25) is 14.8 Å². The van der Waals surface area contributed by atoms with Crippen LogP contribution >= 0.6 is 11.3 Å². The minimum atomic E-state index is -1.16. The minimum Gasteiger partial charge on any atom is -0.480 e. The molecule has 22 heavy (non-hydrogen) atoms. The van der Waals surface area contributed by atoms with E-state index in [0.29, 0.717) is 23.5 Å². The highest BCUT2D eigenvalue weighted by Crippen LogP contribution is 2.30. The van der Waals surface area contributed by atoms with Gasteiger partial charge in [0.2, 0.25) is 0 Å². The number of nitrogens with one attached hydrogen (secondary N) is 1. The SMILES string of the molecule is O=C(NC1(C(=O)O)CCCC1)c1csc(-c2cnccn2)n1. The maximum atomic E-state index is 12.3. The Morgan fingerprint density at radius 1 is 1.27 bits per heavy atom. The Balaban J connectivity index is 1.79. The molecule has 0 saturated heterocycles. The Morgan fingerprint density at radius 2 is 2.05 bits per heavy atom. The summed E-state index contributed by atoms with van der Waals surface area (Å²) < 4.78 is 0. The summed E-state index contributed by atoms with van der Waals surface area (Å²) in [5.74, 6) is -1.45. The van der Waals surface area contributed by atoms with E-state index in [2.05, 4.69) is 20.3 Å². The van der Waals surface area contributed by atoms with Crippen LogP contribution in [0.5, 0.6) is 0 Å². The fraction of sp³-hybridized carbons (Fsp3) is 0.357. The Labute approximate surface area is 130 Å². The number of carboxylic acids is 1. The van der Waals surface area contributed by atoms with Crippen LogP contribution in [0.25, 0.3) is 10.7 Å². The minimum absolute atomic E-state index is 0.207. The molecule has 0 unspecified atom stereocenters. The molecule has 1 saturated carbocycles. The molecule has 1 fully saturated rings. The summed E-state index contributed by atoms with van der Waals surface area (Å²) in [7, 11) is 0. The second-order valence-electron chi connectivity index (χ2n) is 5.18. The molecule has 0 atom stereocenters. The number of carbonyl (C=O) groups is 2. The molecular formula is C14H14N4O3S. The Hall–Kier alpha value is -2.35. The number of carboxylic acid groups (broad SMARTS) is 1. The molecule has 0 bridgehead atoms. The van der Waals surface area contributed by atoms with Gasteiger partial charge in [-0.15, -0.1) is 11.3 Å². The first kappa shape index (κ1) is 14.6. The summed E-state index contributed by atoms with van der Waals surface area (Å²) in [6.45, 7) is 0. The van der Waals surface area contributed by atoms with Gasteiger partial charge in [0.1, 0.15) is 21.9 Å². The number of aliphatic carboxylic acids is 1. The van der Waals surface area contributed by atoms with Crippen molar-refractivity contribution in [3.05, 3.63) is 29.7 Å². The normalized spacial score (nSPS) is 16.4.